The quantitative estimate of drug-likeness (QED) is 0.237. The van der Waals surface area contributed by atoms with Gasteiger partial charge in [-0.3, -0.25) is 0 Å². The van der Waals surface area contributed by atoms with E-state index >= 15 is 0 Å². The fourth-order valence-corrected chi connectivity index (χ4v) is 6.28. The molecule has 3 nitrogen and oxygen atoms in total. The molecule has 0 saturated heterocycles. The molecule has 0 aliphatic heterocycles. The van der Waals surface area contributed by atoms with Crippen molar-refractivity contribution in [2.24, 2.45) is 0 Å². The third kappa shape index (κ3) is 2.82. The van der Waals surface area contributed by atoms with Crippen molar-refractivity contribution in [3.05, 3.63) is 127 Å². The van der Waals surface area contributed by atoms with Gasteiger partial charge in [-0.2, -0.15) is 0 Å². The number of aromatic nitrogens is 1. The van der Waals surface area contributed by atoms with Crippen LogP contribution in [-0.4, -0.2) is 4.57 Å². The summed E-state index contributed by atoms with van der Waals surface area (Å²) in [6.45, 7) is 0. The molecule has 0 aliphatic rings. The fourth-order valence-electron chi connectivity index (χ4n) is 6.28. The van der Waals surface area contributed by atoms with Crippen molar-refractivity contribution in [2.75, 3.05) is 0 Å². The summed E-state index contributed by atoms with van der Waals surface area (Å²) in [5.41, 5.74) is 9.12. The van der Waals surface area contributed by atoms with Crippen molar-refractivity contribution in [3.63, 3.8) is 0 Å². The van der Waals surface area contributed by atoms with E-state index in [-0.39, 0.29) is 0 Å². The number of hydrogen-bond acceptors (Lipinski definition) is 2. The highest BCUT2D eigenvalue weighted by Gasteiger charge is 2.19. The predicted octanol–water partition coefficient (Wildman–Crippen LogP) is 10.2. The van der Waals surface area contributed by atoms with Crippen molar-refractivity contribution >= 4 is 65.7 Å². The summed E-state index contributed by atoms with van der Waals surface area (Å²) in [7, 11) is 0. The van der Waals surface area contributed by atoms with Crippen LogP contribution in [0.5, 0.6) is 0 Å². The number of nitrogens with zero attached hydrogens (tertiary/aromatic N) is 1. The molecule has 0 radical (unpaired) electrons. The topological polar surface area (TPSA) is 31.2 Å². The molecule has 6 aromatic carbocycles. The van der Waals surface area contributed by atoms with Gasteiger partial charge in [0.15, 0.2) is 5.58 Å². The number of benzene rings is 6. The summed E-state index contributed by atoms with van der Waals surface area (Å²) >= 11 is 0. The molecule has 0 amide bonds. The molecule has 182 valence electrons. The van der Waals surface area contributed by atoms with E-state index in [1.54, 1.807) is 0 Å². The molecule has 0 unspecified atom stereocenters. The highest BCUT2D eigenvalue weighted by Crippen LogP contribution is 2.42. The average Bonchev–Trinajstić information content (AvgIpc) is 3.65. The van der Waals surface area contributed by atoms with Crippen molar-refractivity contribution in [2.45, 2.75) is 0 Å². The summed E-state index contributed by atoms with van der Waals surface area (Å²) in [5.74, 6) is 0. The molecule has 0 saturated carbocycles. The monoisotopic (exact) mass is 499 g/mol. The van der Waals surface area contributed by atoms with Gasteiger partial charge >= 0.3 is 0 Å². The first-order valence-electron chi connectivity index (χ1n) is 13.2. The van der Waals surface area contributed by atoms with Crippen LogP contribution in [0.15, 0.2) is 136 Å². The lowest BCUT2D eigenvalue weighted by Gasteiger charge is -2.08. The van der Waals surface area contributed by atoms with Crippen molar-refractivity contribution in [3.8, 4) is 16.8 Å². The van der Waals surface area contributed by atoms with Crippen LogP contribution in [0.25, 0.3) is 82.5 Å². The Morgan fingerprint density at radius 2 is 0.949 bits per heavy atom. The maximum Gasteiger partial charge on any atom is 0.159 e. The zero-order valence-corrected chi connectivity index (χ0v) is 20.9. The lowest BCUT2D eigenvalue weighted by molar-refractivity contribution is 0.663. The highest BCUT2D eigenvalue weighted by atomic mass is 16.3. The van der Waals surface area contributed by atoms with Gasteiger partial charge in [0.25, 0.3) is 0 Å². The lowest BCUT2D eigenvalue weighted by Crippen LogP contribution is -1.93. The van der Waals surface area contributed by atoms with Gasteiger partial charge < -0.3 is 13.4 Å². The number of hydrogen-bond donors (Lipinski definition) is 0. The zero-order chi connectivity index (χ0) is 25.5. The molecular formula is C36H21NO2. The van der Waals surface area contributed by atoms with Crippen LogP contribution in [-0.2, 0) is 0 Å². The van der Waals surface area contributed by atoms with Gasteiger partial charge in [-0.15, -0.1) is 0 Å². The molecule has 0 spiro atoms. The van der Waals surface area contributed by atoms with Gasteiger partial charge in [-0.05, 0) is 35.9 Å². The Balaban J connectivity index is 1.34. The number of furan rings is 2. The first-order valence-corrected chi connectivity index (χ1v) is 13.2. The predicted molar refractivity (Wildman–Crippen MR) is 161 cm³/mol. The molecule has 3 heterocycles. The average molecular weight is 500 g/mol. The van der Waals surface area contributed by atoms with Crippen LogP contribution >= 0.6 is 0 Å². The second-order valence-corrected chi connectivity index (χ2v) is 10.1. The Hall–Kier alpha value is -5.28. The number of para-hydroxylation sites is 4. The van der Waals surface area contributed by atoms with Gasteiger partial charge in [0.1, 0.15) is 16.7 Å². The van der Waals surface area contributed by atoms with Crippen LogP contribution in [0, 0.1) is 0 Å². The molecule has 0 bridgehead atoms. The summed E-state index contributed by atoms with van der Waals surface area (Å²) in [4.78, 5) is 0. The van der Waals surface area contributed by atoms with Gasteiger partial charge in [0.05, 0.1) is 16.7 Å². The third-order valence-electron chi connectivity index (χ3n) is 8.00. The van der Waals surface area contributed by atoms with E-state index in [0.717, 1.165) is 60.7 Å². The Kier molecular flexibility index (Phi) is 4.05. The number of rotatable bonds is 2. The standard InChI is InChI=1S/C36H21NO2/c1-2-10-22(11-3-1)23-14-8-15-26-28-20-34-29(21-33(28)38-35(23)26)27-16-9-19-32(36(27)39-34)37-30-17-6-4-12-24(30)25-13-5-7-18-31(25)37/h1-21H. The van der Waals surface area contributed by atoms with Crippen LogP contribution in [0.1, 0.15) is 0 Å². The Morgan fingerprint density at radius 1 is 0.410 bits per heavy atom. The van der Waals surface area contributed by atoms with Gasteiger partial charge in [0.2, 0.25) is 0 Å². The maximum absolute atomic E-state index is 6.68. The van der Waals surface area contributed by atoms with Crippen LogP contribution in [0.3, 0.4) is 0 Å². The van der Waals surface area contributed by atoms with Crippen LogP contribution in [0.2, 0.25) is 0 Å². The van der Waals surface area contributed by atoms with E-state index in [0.29, 0.717) is 0 Å². The van der Waals surface area contributed by atoms with Crippen molar-refractivity contribution in [1.29, 1.82) is 0 Å². The Morgan fingerprint density at radius 3 is 1.64 bits per heavy atom. The minimum absolute atomic E-state index is 0.860. The highest BCUT2D eigenvalue weighted by molar-refractivity contribution is 6.18. The first-order chi connectivity index (χ1) is 19.3. The zero-order valence-electron chi connectivity index (χ0n) is 20.9. The molecule has 3 heteroatoms. The first kappa shape index (κ1) is 20.7. The van der Waals surface area contributed by atoms with E-state index in [2.05, 4.69) is 126 Å². The molecule has 3 aromatic heterocycles. The summed E-state index contributed by atoms with van der Waals surface area (Å²) in [6.07, 6.45) is 0. The SMILES string of the molecule is c1ccc(-c2cccc3c2oc2cc4c(cc23)oc2c(-n3c5ccccc5c5ccccc53)cccc24)cc1. The molecule has 0 aliphatic carbocycles. The van der Waals surface area contributed by atoms with Crippen molar-refractivity contribution < 1.29 is 8.83 Å². The van der Waals surface area contributed by atoms with Crippen LogP contribution < -0.4 is 0 Å². The molecule has 9 rings (SSSR count). The van der Waals surface area contributed by atoms with E-state index in [9.17, 15) is 0 Å². The largest absolute Gasteiger partial charge is 0.455 e. The Labute approximate surface area is 223 Å². The molecule has 0 fully saturated rings. The van der Waals surface area contributed by atoms with Gasteiger partial charge in [0, 0.05) is 37.9 Å². The molecular weight excluding hydrogens is 478 g/mol. The van der Waals surface area contributed by atoms with Crippen molar-refractivity contribution in [1.82, 2.24) is 4.57 Å². The van der Waals surface area contributed by atoms with Gasteiger partial charge in [-0.25, -0.2) is 0 Å². The summed E-state index contributed by atoms with van der Waals surface area (Å²) in [6, 6.07) is 44.6. The van der Waals surface area contributed by atoms with E-state index in [1.165, 1.54) is 21.8 Å². The maximum atomic E-state index is 6.68. The Bertz CT molecular complexity index is 2330. The minimum atomic E-state index is 0.860. The normalized spacial score (nSPS) is 12.1. The summed E-state index contributed by atoms with van der Waals surface area (Å²) in [5, 5.41) is 6.76. The van der Waals surface area contributed by atoms with Crippen LogP contribution in [0.4, 0.5) is 0 Å². The van der Waals surface area contributed by atoms with E-state index < -0.39 is 0 Å². The molecule has 0 N–H and O–H groups in total. The fraction of sp³-hybridized carbons (Fsp3) is 0. The molecule has 9 aromatic rings. The lowest BCUT2D eigenvalue weighted by atomic mass is 10.0. The number of fused-ring (bicyclic) bond motifs is 9. The third-order valence-corrected chi connectivity index (χ3v) is 8.00. The van der Waals surface area contributed by atoms with E-state index in [1.807, 2.05) is 6.07 Å². The molecule has 39 heavy (non-hydrogen) atoms. The second-order valence-electron chi connectivity index (χ2n) is 10.1. The summed E-state index contributed by atoms with van der Waals surface area (Å²) < 4.78 is 15.5. The van der Waals surface area contributed by atoms with E-state index in [4.69, 9.17) is 8.83 Å². The smallest absolute Gasteiger partial charge is 0.159 e. The minimum Gasteiger partial charge on any atom is -0.455 e. The van der Waals surface area contributed by atoms with Gasteiger partial charge in [-0.1, -0.05) is 97.1 Å². The second kappa shape index (κ2) is 7.62. The molecule has 0 atom stereocenters.